The number of rotatable bonds is 12. The molecular weight excluding hydrogens is 700 g/mol. The Labute approximate surface area is 270 Å². The fraction of sp³-hybridized carbons (Fsp3) is 0.212. The van der Waals surface area contributed by atoms with Gasteiger partial charge in [-0.05, 0) is 65.7 Å². The standard InChI is InChI=1S/C33H29Br2F2N3O4/c34-24-13-9-21(10-14-24)30-33(19-23-5-1-2-6-27(23)35,32(42)40-38-20-26-28(36)7-3-8-29(26)37)39-31(44-30)22-11-15-25(16-12-22)43-18-4-17-41/h1-3,5-16,30,38,41H,4,17-20H2,(H,40,42)/t30-,33-/m0/s1. The van der Waals surface area contributed by atoms with Crippen molar-refractivity contribution >= 4 is 43.7 Å². The molecule has 0 spiro atoms. The largest absolute Gasteiger partial charge is 0.494 e. The highest BCUT2D eigenvalue weighted by Gasteiger charge is 2.53. The molecule has 1 aliphatic rings. The highest BCUT2D eigenvalue weighted by atomic mass is 79.9. The minimum Gasteiger partial charge on any atom is -0.494 e. The van der Waals surface area contributed by atoms with Crippen LogP contribution in [0.1, 0.15) is 34.8 Å². The first-order valence-corrected chi connectivity index (χ1v) is 15.4. The van der Waals surface area contributed by atoms with Crippen molar-refractivity contribution in [3.05, 3.63) is 134 Å². The van der Waals surface area contributed by atoms with Crippen molar-refractivity contribution in [2.45, 2.75) is 31.0 Å². The Morgan fingerprint density at radius 2 is 1.66 bits per heavy atom. The summed E-state index contributed by atoms with van der Waals surface area (Å²) in [6.45, 7) is 0.122. The van der Waals surface area contributed by atoms with Crippen LogP contribution in [-0.4, -0.2) is 35.7 Å². The molecule has 0 bridgehead atoms. The number of carbonyl (C=O) groups excluding carboxylic acids is 1. The second-order valence-corrected chi connectivity index (χ2v) is 11.9. The molecule has 1 amide bonds. The third kappa shape index (κ3) is 7.18. The summed E-state index contributed by atoms with van der Waals surface area (Å²) >= 11 is 7.07. The molecule has 11 heteroatoms. The number of aliphatic hydroxyl groups excluding tert-OH is 1. The second kappa shape index (κ2) is 14.4. The van der Waals surface area contributed by atoms with Gasteiger partial charge in [-0.3, -0.25) is 10.2 Å². The summed E-state index contributed by atoms with van der Waals surface area (Å²) in [7, 11) is 0. The van der Waals surface area contributed by atoms with E-state index in [1.165, 1.54) is 6.07 Å². The quantitative estimate of drug-likeness (QED) is 0.113. The van der Waals surface area contributed by atoms with Crippen LogP contribution in [0.5, 0.6) is 5.75 Å². The first kappa shape index (κ1) is 31.8. The first-order valence-electron chi connectivity index (χ1n) is 13.9. The summed E-state index contributed by atoms with van der Waals surface area (Å²) in [5.41, 5.74) is 5.77. The van der Waals surface area contributed by atoms with Gasteiger partial charge >= 0.3 is 0 Å². The molecule has 0 saturated carbocycles. The maximum absolute atomic E-state index is 14.3. The summed E-state index contributed by atoms with van der Waals surface area (Å²) in [6, 6.07) is 25.7. The molecule has 4 aromatic rings. The van der Waals surface area contributed by atoms with Crippen molar-refractivity contribution in [3.63, 3.8) is 0 Å². The van der Waals surface area contributed by atoms with Crippen LogP contribution in [0.3, 0.4) is 0 Å². The van der Waals surface area contributed by atoms with E-state index in [-0.39, 0.29) is 31.0 Å². The normalized spacial score (nSPS) is 17.6. The van der Waals surface area contributed by atoms with Gasteiger partial charge in [-0.15, -0.1) is 0 Å². The molecule has 3 N–H and O–H groups in total. The van der Waals surface area contributed by atoms with Gasteiger partial charge in [-0.1, -0.05) is 68.3 Å². The lowest BCUT2D eigenvalue weighted by Crippen LogP contribution is -2.53. The van der Waals surface area contributed by atoms with Crippen molar-refractivity contribution < 1.29 is 28.2 Å². The maximum Gasteiger partial charge on any atom is 0.266 e. The number of hydrogen-bond acceptors (Lipinski definition) is 6. The number of hydrazine groups is 1. The van der Waals surface area contributed by atoms with E-state index in [1.807, 2.05) is 48.5 Å². The van der Waals surface area contributed by atoms with E-state index in [1.54, 1.807) is 24.3 Å². The van der Waals surface area contributed by atoms with E-state index in [0.717, 1.165) is 26.6 Å². The van der Waals surface area contributed by atoms with Gasteiger partial charge in [0.25, 0.3) is 5.91 Å². The average Bonchev–Trinajstić information content (AvgIpc) is 3.41. The number of aliphatic imine (C=N–C) groups is 1. The van der Waals surface area contributed by atoms with Gasteiger partial charge < -0.3 is 14.6 Å². The van der Waals surface area contributed by atoms with Crippen LogP contribution in [0.15, 0.2) is 105 Å². The minimum atomic E-state index is -1.52. The maximum atomic E-state index is 14.3. The summed E-state index contributed by atoms with van der Waals surface area (Å²) < 4.78 is 42.4. The molecule has 0 radical (unpaired) electrons. The molecule has 1 aliphatic heterocycles. The smallest absolute Gasteiger partial charge is 0.266 e. The molecule has 44 heavy (non-hydrogen) atoms. The van der Waals surface area contributed by atoms with Gasteiger partial charge in [0.1, 0.15) is 17.4 Å². The lowest BCUT2D eigenvalue weighted by molar-refractivity contribution is -0.130. The van der Waals surface area contributed by atoms with Crippen LogP contribution in [0.25, 0.3) is 0 Å². The Balaban J connectivity index is 1.53. The Morgan fingerprint density at radius 3 is 2.34 bits per heavy atom. The molecule has 0 saturated heterocycles. The third-order valence-corrected chi connectivity index (χ3v) is 8.45. The van der Waals surface area contributed by atoms with Gasteiger partial charge in [0.05, 0.1) is 6.61 Å². The van der Waals surface area contributed by atoms with Gasteiger partial charge in [-0.2, -0.15) is 0 Å². The van der Waals surface area contributed by atoms with E-state index in [9.17, 15) is 13.6 Å². The molecule has 0 aromatic heterocycles. The van der Waals surface area contributed by atoms with Gasteiger partial charge in [0, 0.05) is 46.1 Å². The lowest BCUT2D eigenvalue weighted by Gasteiger charge is -2.31. The number of aliphatic hydroxyl groups is 1. The topological polar surface area (TPSA) is 92.2 Å². The van der Waals surface area contributed by atoms with Crippen molar-refractivity contribution in [3.8, 4) is 5.75 Å². The van der Waals surface area contributed by atoms with Crippen LogP contribution < -0.4 is 15.6 Å². The van der Waals surface area contributed by atoms with Crippen molar-refractivity contribution in [2.75, 3.05) is 13.2 Å². The van der Waals surface area contributed by atoms with Gasteiger partial charge in [0.15, 0.2) is 11.6 Å². The Bertz CT molecular complexity index is 1620. The number of hydrogen-bond donors (Lipinski definition) is 3. The van der Waals surface area contributed by atoms with Gasteiger partial charge in [0.2, 0.25) is 5.90 Å². The summed E-state index contributed by atoms with van der Waals surface area (Å²) in [5.74, 6) is -1.13. The van der Waals surface area contributed by atoms with E-state index >= 15 is 0 Å². The van der Waals surface area contributed by atoms with E-state index in [4.69, 9.17) is 19.6 Å². The van der Waals surface area contributed by atoms with Crippen molar-refractivity contribution in [1.82, 2.24) is 10.9 Å². The Kier molecular flexibility index (Phi) is 10.4. The average molecular weight is 729 g/mol. The zero-order chi connectivity index (χ0) is 31.1. The van der Waals surface area contributed by atoms with E-state index in [2.05, 4.69) is 42.7 Å². The predicted octanol–water partition coefficient (Wildman–Crippen LogP) is 6.57. The van der Waals surface area contributed by atoms with Crippen LogP contribution >= 0.6 is 31.9 Å². The van der Waals surface area contributed by atoms with Crippen molar-refractivity contribution in [2.24, 2.45) is 4.99 Å². The number of halogens is 4. The monoisotopic (exact) mass is 727 g/mol. The fourth-order valence-electron chi connectivity index (χ4n) is 4.87. The molecule has 0 aliphatic carbocycles. The molecular formula is C33H29Br2F2N3O4. The summed E-state index contributed by atoms with van der Waals surface area (Å²) in [4.78, 5) is 19.2. The molecule has 2 atom stereocenters. The van der Waals surface area contributed by atoms with Crippen LogP contribution in [-0.2, 0) is 22.5 Å². The number of carbonyl (C=O) groups is 1. The minimum absolute atomic E-state index is 0.0337. The molecule has 1 heterocycles. The number of benzene rings is 4. The SMILES string of the molecule is O=C(NNCc1c(F)cccc1F)[C@@]1(Cc2ccccc2Br)N=C(c2ccc(OCCCO)cc2)O[C@H]1c1ccc(Br)cc1. The predicted molar refractivity (Wildman–Crippen MR) is 170 cm³/mol. The fourth-order valence-corrected chi connectivity index (χ4v) is 5.56. The second-order valence-electron chi connectivity index (χ2n) is 10.1. The highest BCUT2D eigenvalue weighted by Crippen LogP contribution is 2.43. The molecule has 7 nitrogen and oxygen atoms in total. The summed E-state index contributed by atoms with van der Waals surface area (Å²) in [6.07, 6.45) is -0.204. The number of nitrogens with zero attached hydrogens (tertiary/aromatic N) is 1. The first-order chi connectivity index (χ1) is 21.3. The van der Waals surface area contributed by atoms with E-state index in [0.29, 0.717) is 29.9 Å². The lowest BCUT2D eigenvalue weighted by atomic mass is 9.82. The van der Waals surface area contributed by atoms with Crippen molar-refractivity contribution in [1.29, 1.82) is 0 Å². The molecule has 0 fully saturated rings. The van der Waals surface area contributed by atoms with Gasteiger partial charge in [-0.25, -0.2) is 19.2 Å². The van der Waals surface area contributed by atoms with Crippen LogP contribution in [0, 0.1) is 11.6 Å². The number of nitrogens with one attached hydrogen (secondary N) is 2. The molecule has 4 aromatic carbocycles. The third-order valence-electron chi connectivity index (χ3n) is 7.15. The Hall–Kier alpha value is -3.64. The Morgan fingerprint density at radius 1 is 0.955 bits per heavy atom. The molecule has 228 valence electrons. The zero-order valence-electron chi connectivity index (χ0n) is 23.4. The number of ether oxygens (including phenoxy) is 2. The van der Waals surface area contributed by atoms with E-state index < -0.39 is 29.2 Å². The molecule has 5 rings (SSSR count). The van der Waals surface area contributed by atoms with Crippen LogP contribution in [0.2, 0.25) is 0 Å². The van der Waals surface area contributed by atoms with Crippen LogP contribution in [0.4, 0.5) is 8.78 Å². The highest BCUT2D eigenvalue weighted by molar-refractivity contribution is 9.10. The number of amides is 1. The summed E-state index contributed by atoms with van der Waals surface area (Å²) in [5, 5.41) is 9.03. The zero-order valence-corrected chi connectivity index (χ0v) is 26.6. The molecule has 0 unspecified atom stereocenters.